The molecule has 18 heavy (non-hydrogen) atoms. The predicted octanol–water partition coefficient (Wildman–Crippen LogP) is 2.07. The summed E-state index contributed by atoms with van der Waals surface area (Å²) >= 11 is 1.38. The molecule has 94 valence electrons. The first-order valence-electron chi connectivity index (χ1n) is 5.58. The van der Waals surface area contributed by atoms with Crippen molar-refractivity contribution in [3.63, 3.8) is 0 Å². The van der Waals surface area contributed by atoms with Gasteiger partial charge in [-0.2, -0.15) is 0 Å². The van der Waals surface area contributed by atoms with Crippen molar-refractivity contribution in [2.75, 3.05) is 0 Å². The lowest BCUT2D eigenvalue weighted by Gasteiger charge is -2.32. The van der Waals surface area contributed by atoms with Gasteiger partial charge in [-0.3, -0.25) is 10.1 Å². The lowest BCUT2D eigenvalue weighted by atomic mass is 9.90. The number of hydrogen-bond acceptors (Lipinski definition) is 6. The molecule has 0 bridgehead atoms. The fraction of sp³-hybridized carbons (Fsp3) is 0.364. The van der Waals surface area contributed by atoms with Gasteiger partial charge in [-0.05, 0) is 25.0 Å². The number of hydrogen-bond donors (Lipinski definition) is 1. The molecule has 0 spiro atoms. The summed E-state index contributed by atoms with van der Waals surface area (Å²) in [5.74, 6) is 0.287. The molecular formula is C11H11N3O3S. The van der Waals surface area contributed by atoms with E-state index in [-0.39, 0.29) is 23.6 Å². The van der Waals surface area contributed by atoms with Gasteiger partial charge in [0.05, 0.1) is 15.1 Å². The Labute approximate surface area is 107 Å². The summed E-state index contributed by atoms with van der Waals surface area (Å²) in [4.78, 5) is 14.8. The molecule has 1 aliphatic rings. The number of nitro groups is 1. The smallest absolute Gasteiger partial charge is 0.337 e. The Kier molecular flexibility index (Phi) is 2.64. The second kappa shape index (κ2) is 4.18. The predicted molar refractivity (Wildman–Crippen MR) is 67.9 cm³/mol. The lowest BCUT2D eigenvalue weighted by Crippen LogP contribution is -2.43. The fourth-order valence-electron chi connectivity index (χ4n) is 2.05. The van der Waals surface area contributed by atoms with Crippen molar-refractivity contribution in [1.82, 2.24) is 4.98 Å². The third-order valence-electron chi connectivity index (χ3n) is 3.05. The van der Waals surface area contributed by atoms with Crippen LogP contribution in [-0.2, 0) is 0 Å². The Morgan fingerprint density at radius 2 is 2.28 bits per heavy atom. The molecule has 0 saturated heterocycles. The van der Waals surface area contributed by atoms with Crippen LogP contribution in [0.4, 0.5) is 5.69 Å². The molecular weight excluding hydrogens is 254 g/mol. The van der Waals surface area contributed by atoms with Crippen molar-refractivity contribution in [3.8, 4) is 5.75 Å². The molecule has 1 heterocycles. The van der Waals surface area contributed by atoms with Gasteiger partial charge in [-0.1, -0.05) is 0 Å². The van der Waals surface area contributed by atoms with Gasteiger partial charge in [0, 0.05) is 6.04 Å². The summed E-state index contributed by atoms with van der Waals surface area (Å²) in [5, 5.41) is 11.2. The van der Waals surface area contributed by atoms with Crippen molar-refractivity contribution in [3.05, 3.63) is 27.8 Å². The molecule has 3 rings (SSSR count). The number of nitrogens with zero attached hydrogens (tertiary/aromatic N) is 2. The molecule has 2 N–H and O–H groups in total. The Bertz CT molecular complexity index is 607. The van der Waals surface area contributed by atoms with Crippen LogP contribution in [0.1, 0.15) is 12.8 Å². The van der Waals surface area contributed by atoms with Gasteiger partial charge in [0.15, 0.2) is 11.3 Å². The van der Waals surface area contributed by atoms with E-state index in [0.717, 1.165) is 17.5 Å². The topological polar surface area (TPSA) is 91.3 Å². The third kappa shape index (κ3) is 1.81. The van der Waals surface area contributed by atoms with E-state index in [2.05, 4.69) is 4.98 Å². The second-order valence-corrected chi connectivity index (χ2v) is 5.23. The van der Waals surface area contributed by atoms with E-state index in [1.54, 1.807) is 17.6 Å². The fourth-order valence-corrected chi connectivity index (χ4v) is 2.73. The minimum Gasteiger partial charge on any atom is -0.483 e. The van der Waals surface area contributed by atoms with Crippen LogP contribution in [0.2, 0.25) is 0 Å². The van der Waals surface area contributed by atoms with Crippen LogP contribution in [0.3, 0.4) is 0 Å². The molecule has 0 radical (unpaired) electrons. The Morgan fingerprint density at radius 3 is 2.94 bits per heavy atom. The molecule has 1 aromatic heterocycles. The highest BCUT2D eigenvalue weighted by atomic mass is 32.1. The molecule has 1 aromatic carbocycles. The summed E-state index contributed by atoms with van der Waals surface area (Å²) in [6.07, 6.45) is 1.47. The number of nitro benzene ring substituents is 1. The van der Waals surface area contributed by atoms with Crippen LogP contribution < -0.4 is 10.5 Å². The highest BCUT2D eigenvalue weighted by molar-refractivity contribution is 7.16. The van der Waals surface area contributed by atoms with Crippen molar-refractivity contribution in [2.24, 2.45) is 5.73 Å². The first-order valence-corrected chi connectivity index (χ1v) is 6.46. The standard InChI is InChI=1S/C11H11N3O3S/c12-6-3-7(4-6)17-8-1-2-9-10(13-5-18-9)11(8)14(15)16/h1-2,5-7H,3-4,12H2. The van der Waals surface area contributed by atoms with E-state index in [9.17, 15) is 10.1 Å². The highest BCUT2D eigenvalue weighted by Gasteiger charge is 2.31. The second-order valence-electron chi connectivity index (χ2n) is 4.34. The monoisotopic (exact) mass is 265 g/mol. The summed E-state index contributed by atoms with van der Waals surface area (Å²) in [5.41, 5.74) is 7.62. The minimum atomic E-state index is -0.435. The van der Waals surface area contributed by atoms with Crippen LogP contribution in [0.15, 0.2) is 17.6 Å². The SMILES string of the molecule is NC1CC(Oc2ccc3scnc3c2[N+](=O)[O-])C1. The molecule has 1 saturated carbocycles. The normalized spacial score (nSPS) is 22.7. The first kappa shape index (κ1) is 11.4. The molecule has 1 aliphatic carbocycles. The minimum absolute atomic E-state index is 0.0187. The molecule has 2 aromatic rings. The van der Waals surface area contributed by atoms with Gasteiger partial charge in [-0.15, -0.1) is 11.3 Å². The Balaban J connectivity index is 1.99. The van der Waals surface area contributed by atoms with Gasteiger partial charge in [-0.25, -0.2) is 4.98 Å². The van der Waals surface area contributed by atoms with Gasteiger partial charge < -0.3 is 10.5 Å². The molecule has 0 aliphatic heterocycles. The highest BCUT2D eigenvalue weighted by Crippen LogP contribution is 2.38. The van der Waals surface area contributed by atoms with E-state index >= 15 is 0 Å². The van der Waals surface area contributed by atoms with Crippen LogP contribution in [-0.4, -0.2) is 22.1 Å². The van der Waals surface area contributed by atoms with Crippen molar-refractivity contribution >= 4 is 27.2 Å². The van der Waals surface area contributed by atoms with Crippen molar-refractivity contribution in [1.29, 1.82) is 0 Å². The van der Waals surface area contributed by atoms with Crippen molar-refractivity contribution in [2.45, 2.75) is 25.0 Å². The Morgan fingerprint density at radius 1 is 1.50 bits per heavy atom. The number of rotatable bonds is 3. The van der Waals surface area contributed by atoms with Crippen molar-refractivity contribution < 1.29 is 9.66 Å². The van der Waals surface area contributed by atoms with Crippen LogP contribution in [0, 0.1) is 10.1 Å². The molecule has 6 nitrogen and oxygen atoms in total. The molecule has 0 unspecified atom stereocenters. The maximum atomic E-state index is 11.2. The molecule has 7 heteroatoms. The van der Waals surface area contributed by atoms with E-state index in [0.29, 0.717) is 5.52 Å². The number of thiazole rings is 1. The maximum absolute atomic E-state index is 11.2. The largest absolute Gasteiger partial charge is 0.483 e. The average molecular weight is 265 g/mol. The summed E-state index contributed by atoms with van der Waals surface area (Å²) < 4.78 is 6.42. The van der Waals surface area contributed by atoms with Gasteiger partial charge in [0.1, 0.15) is 6.10 Å². The summed E-state index contributed by atoms with van der Waals surface area (Å²) in [6.45, 7) is 0. The Hall–Kier alpha value is -1.73. The number of ether oxygens (including phenoxy) is 1. The number of aromatic nitrogens is 1. The number of benzene rings is 1. The third-order valence-corrected chi connectivity index (χ3v) is 3.84. The quantitative estimate of drug-likeness (QED) is 0.677. The lowest BCUT2D eigenvalue weighted by molar-refractivity contribution is -0.384. The maximum Gasteiger partial charge on any atom is 0.337 e. The zero-order valence-electron chi connectivity index (χ0n) is 9.41. The zero-order chi connectivity index (χ0) is 12.7. The molecule has 0 atom stereocenters. The van der Waals surface area contributed by atoms with E-state index < -0.39 is 4.92 Å². The molecule has 0 amide bonds. The van der Waals surface area contributed by atoms with E-state index in [4.69, 9.17) is 10.5 Å². The average Bonchev–Trinajstić information content (AvgIpc) is 2.73. The summed E-state index contributed by atoms with van der Waals surface area (Å²) in [7, 11) is 0. The van der Waals surface area contributed by atoms with Crippen LogP contribution in [0.25, 0.3) is 10.2 Å². The van der Waals surface area contributed by atoms with Crippen LogP contribution >= 0.6 is 11.3 Å². The van der Waals surface area contributed by atoms with E-state index in [1.165, 1.54) is 11.3 Å². The summed E-state index contributed by atoms with van der Waals surface area (Å²) in [6, 6.07) is 3.59. The van der Waals surface area contributed by atoms with Gasteiger partial charge in [0.2, 0.25) is 0 Å². The van der Waals surface area contributed by atoms with Gasteiger partial charge in [0.25, 0.3) is 0 Å². The van der Waals surface area contributed by atoms with Gasteiger partial charge >= 0.3 is 5.69 Å². The number of nitrogens with two attached hydrogens (primary N) is 1. The zero-order valence-corrected chi connectivity index (χ0v) is 10.2. The van der Waals surface area contributed by atoms with Crippen LogP contribution in [0.5, 0.6) is 5.75 Å². The number of fused-ring (bicyclic) bond motifs is 1. The first-order chi connectivity index (χ1) is 8.65. The van der Waals surface area contributed by atoms with E-state index in [1.807, 2.05) is 0 Å². The molecule has 1 fully saturated rings.